The molecule has 5 heteroatoms. The van der Waals surface area contributed by atoms with E-state index in [0.717, 1.165) is 39.2 Å². The monoisotopic (exact) mass is 345 g/mol. The lowest BCUT2D eigenvalue weighted by Crippen LogP contribution is -2.44. The molecule has 2 fully saturated rings. The molecule has 2 atom stereocenters. The summed E-state index contributed by atoms with van der Waals surface area (Å²) in [6.45, 7) is 6.11. The number of nitrogens with zero attached hydrogens (tertiary/aromatic N) is 2. The lowest BCUT2D eigenvalue weighted by atomic mass is 9.99. The fourth-order valence-corrected chi connectivity index (χ4v) is 3.85. The average Bonchev–Trinajstić information content (AvgIpc) is 3.10. The van der Waals surface area contributed by atoms with Crippen molar-refractivity contribution in [1.29, 1.82) is 0 Å². The molecule has 2 heterocycles. The first-order chi connectivity index (χ1) is 12.2. The predicted octanol–water partition coefficient (Wildman–Crippen LogP) is 2.58. The number of benzene rings is 1. The van der Waals surface area contributed by atoms with Crippen LogP contribution < -0.4 is 5.32 Å². The van der Waals surface area contributed by atoms with Crippen molar-refractivity contribution in [3.63, 3.8) is 0 Å². The Hall–Kier alpha value is -1.59. The normalized spacial score (nSPS) is 24.4. The molecular formula is C20H31N3O2. The van der Waals surface area contributed by atoms with Crippen LogP contribution in [0.1, 0.15) is 24.8 Å². The van der Waals surface area contributed by atoms with Gasteiger partial charge in [-0.25, -0.2) is 4.79 Å². The van der Waals surface area contributed by atoms with Crippen LogP contribution in [-0.4, -0.2) is 62.2 Å². The highest BCUT2D eigenvalue weighted by Gasteiger charge is 2.27. The van der Waals surface area contributed by atoms with Gasteiger partial charge in [-0.3, -0.25) is 0 Å². The van der Waals surface area contributed by atoms with E-state index in [4.69, 9.17) is 4.74 Å². The van der Waals surface area contributed by atoms with E-state index < -0.39 is 0 Å². The molecular weight excluding hydrogens is 314 g/mol. The minimum absolute atomic E-state index is 0.0961. The van der Waals surface area contributed by atoms with Gasteiger partial charge in [0.15, 0.2) is 0 Å². The quantitative estimate of drug-likeness (QED) is 0.862. The number of likely N-dealkylation sites (tertiary alicyclic amines) is 2. The first-order valence-electron chi connectivity index (χ1n) is 9.53. The molecule has 1 N–H and O–H groups in total. The molecule has 0 unspecified atom stereocenters. The Morgan fingerprint density at radius 2 is 2.00 bits per heavy atom. The third-order valence-corrected chi connectivity index (χ3v) is 5.30. The second kappa shape index (κ2) is 9.20. The number of carbonyl (C=O) groups excluding carboxylic acids is 1. The van der Waals surface area contributed by atoms with E-state index in [-0.39, 0.29) is 6.03 Å². The van der Waals surface area contributed by atoms with E-state index in [1.807, 2.05) is 23.1 Å². The standard InChI is InChI=1S/C20H31N3O2/c1-22-10-5-8-18(13-22)12-21-20(24)23-11-9-19(14-23)16-25-15-17-6-3-2-4-7-17/h2-4,6-7,18-19H,5,8-16H2,1H3,(H,21,24)/t18-,19-/m0/s1. The number of piperidine rings is 1. The van der Waals surface area contributed by atoms with Crippen molar-refractivity contribution in [2.45, 2.75) is 25.9 Å². The highest BCUT2D eigenvalue weighted by atomic mass is 16.5. The zero-order valence-corrected chi connectivity index (χ0v) is 15.3. The molecule has 5 nitrogen and oxygen atoms in total. The second-order valence-corrected chi connectivity index (χ2v) is 7.56. The molecule has 2 aliphatic rings. The van der Waals surface area contributed by atoms with Crippen LogP contribution >= 0.6 is 0 Å². The number of hydrogen-bond donors (Lipinski definition) is 1. The van der Waals surface area contributed by atoms with Gasteiger partial charge < -0.3 is 19.9 Å². The van der Waals surface area contributed by atoms with Crippen LogP contribution in [0.2, 0.25) is 0 Å². The third kappa shape index (κ3) is 5.72. The zero-order chi connectivity index (χ0) is 17.5. The van der Waals surface area contributed by atoms with Crippen molar-refractivity contribution in [3.8, 4) is 0 Å². The van der Waals surface area contributed by atoms with Crippen LogP contribution in [0.25, 0.3) is 0 Å². The van der Waals surface area contributed by atoms with Gasteiger partial charge in [-0.05, 0) is 44.3 Å². The summed E-state index contributed by atoms with van der Waals surface area (Å²) in [5.41, 5.74) is 1.20. The summed E-state index contributed by atoms with van der Waals surface area (Å²) in [5, 5.41) is 3.14. The predicted molar refractivity (Wildman–Crippen MR) is 99.4 cm³/mol. The fraction of sp³-hybridized carbons (Fsp3) is 0.650. The average molecular weight is 345 g/mol. The summed E-state index contributed by atoms with van der Waals surface area (Å²) in [6, 6.07) is 10.3. The summed E-state index contributed by atoms with van der Waals surface area (Å²) in [5.74, 6) is 1.05. The Morgan fingerprint density at radius 1 is 1.16 bits per heavy atom. The van der Waals surface area contributed by atoms with Gasteiger partial charge in [0.25, 0.3) is 0 Å². The van der Waals surface area contributed by atoms with Crippen LogP contribution in [0.4, 0.5) is 4.79 Å². The summed E-state index contributed by atoms with van der Waals surface area (Å²) in [7, 11) is 2.16. The molecule has 0 bridgehead atoms. The first-order valence-corrected chi connectivity index (χ1v) is 9.53. The number of amides is 2. The van der Waals surface area contributed by atoms with Crippen LogP contribution in [-0.2, 0) is 11.3 Å². The Bertz CT molecular complexity index is 537. The summed E-state index contributed by atoms with van der Waals surface area (Å²) in [6.07, 6.45) is 3.50. The molecule has 2 amide bonds. The molecule has 2 aliphatic heterocycles. The van der Waals surface area contributed by atoms with E-state index >= 15 is 0 Å². The van der Waals surface area contributed by atoms with E-state index in [0.29, 0.717) is 18.4 Å². The summed E-state index contributed by atoms with van der Waals surface area (Å²) in [4.78, 5) is 16.7. The van der Waals surface area contributed by atoms with Crippen molar-refractivity contribution in [2.24, 2.45) is 11.8 Å². The van der Waals surface area contributed by atoms with Crippen molar-refractivity contribution in [2.75, 3.05) is 46.4 Å². The molecule has 138 valence electrons. The van der Waals surface area contributed by atoms with Crippen LogP contribution in [0.5, 0.6) is 0 Å². The molecule has 0 aromatic heterocycles. The molecule has 0 spiro atoms. The minimum Gasteiger partial charge on any atom is -0.376 e. The van der Waals surface area contributed by atoms with Gasteiger partial charge >= 0.3 is 6.03 Å². The molecule has 25 heavy (non-hydrogen) atoms. The number of rotatable bonds is 6. The Balaban J connectivity index is 1.32. The second-order valence-electron chi connectivity index (χ2n) is 7.56. The molecule has 0 aliphatic carbocycles. The maximum absolute atomic E-state index is 12.4. The van der Waals surface area contributed by atoms with E-state index in [1.165, 1.54) is 24.9 Å². The number of nitrogens with one attached hydrogen (secondary N) is 1. The third-order valence-electron chi connectivity index (χ3n) is 5.30. The number of hydrogen-bond acceptors (Lipinski definition) is 3. The van der Waals surface area contributed by atoms with Gasteiger partial charge in [0.2, 0.25) is 0 Å². The lowest BCUT2D eigenvalue weighted by Gasteiger charge is -2.30. The summed E-state index contributed by atoms with van der Waals surface area (Å²) < 4.78 is 5.83. The van der Waals surface area contributed by atoms with Gasteiger partial charge in [-0.2, -0.15) is 0 Å². The zero-order valence-electron chi connectivity index (χ0n) is 15.3. The van der Waals surface area contributed by atoms with Crippen LogP contribution in [0.3, 0.4) is 0 Å². The van der Waals surface area contributed by atoms with Crippen molar-refractivity contribution < 1.29 is 9.53 Å². The van der Waals surface area contributed by atoms with E-state index in [2.05, 4.69) is 29.4 Å². The Labute approximate surface area is 151 Å². The van der Waals surface area contributed by atoms with E-state index in [9.17, 15) is 4.79 Å². The van der Waals surface area contributed by atoms with Gasteiger partial charge in [-0.1, -0.05) is 30.3 Å². The largest absolute Gasteiger partial charge is 0.376 e. The van der Waals surface area contributed by atoms with Crippen molar-refractivity contribution in [3.05, 3.63) is 35.9 Å². The van der Waals surface area contributed by atoms with Gasteiger partial charge in [0, 0.05) is 32.1 Å². The molecule has 3 rings (SSSR count). The van der Waals surface area contributed by atoms with E-state index in [1.54, 1.807) is 0 Å². The maximum Gasteiger partial charge on any atom is 0.317 e. The Morgan fingerprint density at radius 3 is 2.80 bits per heavy atom. The van der Waals surface area contributed by atoms with Crippen molar-refractivity contribution in [1.82, 2.24) is 15.1 Å². The smallest absolute Gasteiger partial charge is 0.317 e. The Kier molecular flexibility index (Phi) is 6.70. The number of urea groups is 1. The number of ether oxygens (including phenoxy) is 1. The highest BCUT2D eigenvalue weighted by molar-refractivity contribution is 5.74. The molecule has 1 aromatic carbocycles. The summed E-state index contributed by atoms with van der Waals surface area (Å²) >= 11 is 0. The molecule has 0 radical (unpaired) electrons. The van der Waals surface area contributed by atoms with Gasteiger partial charge in [0.1, 0.15) is 0 Å². The minimum atomic E-state index is 0.0961. The van der Waals surface area contributed by atoms with Gasteiger partial charge in [0.05, 0.1) is 13.2 Å². The number of carbonyl (C=O) groups is 1. The maximum atomic E-state index is 12.4. The van der Waals surface area contributed by atoms with Crippen LogP contribution in [0.15, 0.2) is 30.3 Å². The first kappa shape index (κ1) is 18.2. The molecule has 1 aromatic rings. The fourth-order valence-electron chi connectivity index (χ4n) is 3.85. The topological polar surface area (TPSA) is 44.8 Å². The lowest BCUT2D eigenvalue weighted by molar-refractivity contribution is 0.0896. The highest BCUT2D eigenvalue weighted by Crippen LogP contribution is 2.18. The van der Waals surface area contributed by atoms with Gasteiger partial charge in [-0.15, -0.1) is 0 Å². The molecule has 0 saturated carbocycles. The van der Waals surface area contributed by atoms with Crippen LogP contribution in [0, 0.1) is 11.8 Å². The van der Waals surface area contributed by atoms with Crippen molar-refractivity contribution >= 4 is 6.03 Å². The molecule has 2 saturated heterocycles. The SMILES string of the molecule is CN1CCC[C@@H](CNC(=O)N2CC[C@H](COCc3ccccc3)C2)C1.